The van der Waals surface area contributed by atoms with Crippen molar-refractivity contribution in [3.8, 4) is 0 Å². The number of aromatic amines is 1. The summed E-state index contributed by atoms with van der Waals surface area (Å²) in [5, 5.41) is 2.59. The van der Waals surface area contributed by atoms with Crippen LogP contribution in [0.15, 0.2) is 35.4 Å². The van der Waals surface area contributed by atoms with Gasteiger partial charge in [-0.1, -0.05) is 0 Å². The summed E-state index contributed by atoms with van der Waals surface area (Å²) >= 11 is 0. The van der Waals surface area contributed by atoms with Gasteiger partial charge in [0.15, 0.2) is 0 Å². The summed E-state index contributed by atoms with van der Waals surface area (Å²) in [5.41, 5.74) is 6.52. The second-order valence-corrected chi connectivity index (χ2v) is 8.60. The molecule has 0 atom stereocenters. The number of nitrogens with one attached hydrogen (secondary N) is 2. The van der Waals surface area contributed by atoms with Gasteiger partial charge >= 0.3 is 0 Å². The molecular formula is C24H28N6O2. The van der Waals surface area contributed by atoms with E-state index in [1.807, 2.05) is 12.3 Å². The fourth-order valence-corrected chi connectivity index (χ4v) is 4.80. The molecule has 1 amide bonds. The quantitative estimate of drug-likeness (QED) is 0.654. The Kier molecular flexibility index (Phi) is 5.61. The average Bonchev–Trinajstić information content (AvgIpc) is 2.84. The molecule has 166 valence electrons. The minimum atomic E-state index is -0.174. The summed E-state index contributed by atoms with van der Waals surface area (Å²) in [6.45, 7) is 4.45. The summed E-state index contributed by atoms with van der Waals surface area (Å²) in [6.07, 6.45) is 7.75. The molecule has 1 aliphatic carbocycles. The summed E-state index contributed by atoms with van der Waals surface area (Å²) < 4.78 is 0. The van der Waals surface area contributed by atoms with Crippen LogP contribution in [-0.4, -0.2) is 59.0 Å². The normalized spacial score (nSPS) is 16.7. The van der Waals surface area contributed by atoms with Gasteiger partial charge in [-0.25, -0.2) is 4.98 Å². The molecule has 8 heteroatoms. The number of anilines is 1. The molecule has 2 N–H and O–H groups in total. The molecule has 8 nitrogen and oxygen atoms in total. The van der Waals surface area contributed by atoms with Gasteiger partial charge in [-0.05, 0) is 55.0 Å². The van der Waals surface area contributed by atoms with Crippen LogP contribution in [0.1, 0.15) is 40.0 Å². The van der Waals surface area contributed by atoms with Crippen LogP contribution in [0.3, 0.4) is 0 Å². The highest BCUT2D eigenvalue weighted by atomic mass is 16.1. The smallest absolute Gasteiger partial charge is 0.269 e. The van der Waals surface area contributed by atoms with Crippen molar-refractivity contribution in [1.82, 2.24) is 25.2 Å². The van der Waals surface area contributed by atoms with Gasteiger partial charge in [0.2, 0.25) is 0 Å². The lowest BCUT2D eigenvalue weighted by molar-refractivity contribution is 0.0958. The molecule has 0 bridgehead atoms. The van der Waals surface area contributed by atoms with E-state index in [9.17, 15) is 9.59 Å². The maximum absolute atomic E-state index is 12.5. The Morgan fingerprint density at radius 1 is 1.06 bits per heavy atom. The molecule has 0 saturated carbocycles. The van der Waals surface area contributed by atoms with Crippen LogP contribution in [0.4, 0.5) is 5.69 Å². The van der Waals surface area contributed by atoms with E-state index in [0.717, 1.165) is 91.8 Å². The molecule has 0 spiro atoms. The second kappa shape index (κ2) is 8.70. The third-order valence-corrected chi connectivity index (χ3v) is 6.57. The predicted molar refractivity (Wildman–Crippen MR) is 124 cm³/mol. The topological polar surface area (TPSA) is 94.2 Å². The first kappa shape index (κ1) is 20.6. The van der Waals surface area contributed by atoms with E-state index in [-0.39, 0.29) is 11.5 Å². The number of pyridine rings is 3. The van der Waals surface area contributed by atoms with E-state index in [4.69, 9.17) is 4.98 Å². The molecule has 3 aromatic rings. The number of hydrogen-bond acceptors (Lipinski definition) is 6. The van der Waals surface area contributed by atoms with Crippen molar-refractivity contribution < 1.29 is 4.79 Å². The number of piperazine rings is 1. The van der Waals surface area contributed by atoms with Crippen LogP contribution in [-0.2, 0) is 19.4 Å². The molecule has 0 unspecified atom stereocenters. The van der Waals surface area contributed by atoms with E-state index in [0.29, 0.717) is 5.69 Å². The summed E-state index contributed by atoms with van der Waals surface area (Å²) in [6, 6.07) is 5.81. The van der Waals surface area contributed by atoms with Crippen molar-refractivity contribution in [2.45, 2.75) is 32.2 Å². The number of H-pyrrole nitrogens is 1. The van der Waals surface area contributed by atoms with Gasteiger partial charge in [-0.2, -0.15) is 0 Å². The Hall–Kier alpha value is -3.26. The molecule has 4 heterocycles. The molecular weight excluding hydrogens is 404 g/mol. The number of carbonyl (C=O) groups is 1. The Labute approximate surface area is 186 Å². The Morgan fingerprint density at radius 2 is 1.84 bits per heavy atom. The van der Waals surface area contributed by atoms with Gasteiger partial charge in [-0.3, -0.25) is 19.5 Å². The number of carbonyl (C=O) groups excluding carboxylic acids is 1. The molecule has 5 rings (SSSR count). The zero-order valence-electron chi connectivity index (χ0n) is 18.4. The van der Waals surface area contributed by atoms with Crippen LogP contribution in [0.2, 0.25) is 0 Å². The molecule has 0 radical (unpaired) electrons. The summed E-state index contributed by atoms with van der Waals surface area (Å²) in [7, 11) is 1.60. The molecule has 3 aromatic heterocycles. The Morgan fingerprint density at radius 3 is 2.56 bits per heavy atom. The van der Waals surface area contributed by atoms with Crippen molar-refractivity contribution in [3.63, 3.8) is 0 Å². The number of amides is 1. The van der Waals surface area contributed by atoms with E-state index in [1.165, 1.54) is 0 Å². The lowest BCUT2D eigenvalue weighted by atomic mass is 9.91. The molecule has 2 aliphatic rings. The number of fused-ring (bicyclic) bond motifs is 3. The first-order valence-corrected chi connectivity index (χ1v) is 11.3. The van der Waals surface area contributed by atoms with Crippen LogP contribution in [0.25, 0.3) is 11.0 Å². The minimum Gasteiger partial charge on any atom is -0.368 e. The van der Waals surface area contributed by atoms with E-state index >= 15 is 0 Å². The fourth-order valence-electron chi connectivity index (χ4n) is 4.80. The predicted octanol–water partition coefficient (Wildman–Crippen LogP) is 1.88. The third-order valence-electron chi connectivity index (χ3n) is 6.57. The molecule has 1 aliphatic heterocycles. The number of hydrogen-bond donors (Lipinski definition) is 2. The standard InChI is InChI=1S/C24H28N6O2/c1-25-24(32)20-7-6-17(14-26-20)30-10-8-29(9-11-30)15-16-12-21-22(27-13-16)18-4-2-3-5-19(18)23(31)28-21/h6-7,12-14H,2-5,8-11,15H2,1H3,(H,25,32)(H,28,31). The van der Waals surface area contributed by atoms with Crippen molar-refractivity contribution in [2.24, 2.45) is 0 Å². The first-order valence-electron chi connectivity index (χ1n) is 11.3. The number of nitrogens with zero attached hydrogens (tertiary/aromatic N) is 4. The SMILES string of the molecule is CNC(=O)c1ccc(N2CCN(Cc3cnc4c5c(c(=O)[nH]c4c3)CCCC5)CC2)cn1. The van der Waals surface area contributed by atoms with Crippen LogP contribution >= 0.6 is 0 Å². The average molecular weight is 433 g/mol. The minimum absolute atomic E-state index is 0.0517. The van der Waals surface area contributed by atoms with Crippen LogP contribution in [0, 0.1) is 0 Å². The highest BCUT2D eigenvalue weighted by molar-refractivity contribution is 5.92. The fraction of sp³-hybridized carbons (Fsp3) is 0.417. The zero-order chi connectivity index (χ0) is 22.1. The molecule has 32 heavy (non-hydrogen) atoms. The van der Waals surface area contributed by atoms with Gasteiger partial charge < -0.3 is 15.2 Å². The van der Waals surface area contributed by atoms with Gasteiger partial charge in [0.25, 0.3) is 11.5 Å². The largest absolute Gasteiger partial charge is 0.368 e. The van der Waals surface area contributed by atoms with Gasteiger partial charge in [0.1, 0.15) is 5.69 Å². The lowest BCUT2D eigenvalue weighted by Gasteiger charge is -2.36. The Balaban J connectivity index is 1.25. The molecule has 1 fully saturated rings. The van der Waals surface area contributed by atoms with E-state index in [2.05, 4.69) is 31.2 Å². The van der Waals surface area contributed by atoms with Crippen molar-refractivity contribution in [1.29, 1.82) is 0 Å². The lowest BCUT2D eigenvalue weighted by Crippen LogP contribution is -2.46. The first-order chi connectivity index (χ1) is 15.6. The molecule has 1 saturated heterocycles. The third kappa shape index (κ3) is 3.98. The van der Waals surface area contributed by atoms with Crippen LogP contribution in [0.5, 0.6) is 0 Å². The molecule has 0 aromatic carbocycles. The highest BCUT2D eigenvalue weighted by Crippen LogP contribution is 2.25. The number of aryl methyl sites for hydroxylation is 1. The summed E-state index contributed by atoms with van der Waals surface area (Å²) in [4.78, 5) is 40.9. The second-order valence-electron chi connectivity index (χ2n) is 8.60. The van der Waals surface area contributed by atoms with E-state index in [1.54, 1.807) is 19.3 Å². The van der Waals surface area contributed by atoms with Gasteiger partial charge in [0, 0.05) is 51.5 Å². The number of aromatic nitrogens is 3. The van der Waals surface area contributed by atoms with Crippen molar-refractivity contribution in [3.05, 3.63) is 63.3 Å². The monoisotopic (exact) mass is 432 g/mol. The van der Waals surface area contributed by atoms with Gasteiger partial charge in [-0.15, -0.1) is 0 Å². The highest BCUT2D eigenvalue weighted by Gasteiger charge is 2.20. The maximum atomic E-state index is 12.5. The maximum Gasteiger partial charge on any atom is 0.269 e. The number of rotatable bonds is 4. The van der Waals surface area contributed by atoms with Crippen molar-refractivity contribution >= 4 is 22.6 Å². The zero-order valence-corrected chi connectivity index (χ0v) is 18.4. The van der Waals surface area contributed by atoms with Crippen LogP contribution < -0.4 is 15.8 Å². The Bertz CT molecular complexity index is 1200. The van der Waals surface area contributed by atoms with Gasteiger partial charge in [0.05, 0.1) is 22.9 Å². The summed E-state index contributed by atoms with van der Waals surface area (Å²) in [5.74, 6) is -0.174. The van der Waals surface area contributed by atoms with E-state index < -0.39 is 0 Å². The van der Waals surface area contributed by atoms with Crippen molar-refractivity contribution in [2.75, 3.05) is 38.1 Å².